The van der Waals surface area contributed by atoms with Crippen LogP contribution in [0.3, 0.4) is 0 Å². The molecule has 1 aliphatic heterocycles. The van der Waals surface area contributed by atoms with E-state index in [1.54, 1.807) is 6.20 Å². The van der Waals surface area contributed by atoms with E-state index in [4.69, 9.17) is 9.84 Å². The summed E-state index contributed by atoms with van der Waals surface area (Å²) in [4.78, 5) is 10.5. The second-order valence-electron chi connectivity index (χ2n) is 4.55. The van der Waals surface area contributed by atoms with Gasteiger partial charge in [-0.2, -0.15) is 5.10 Å². The van der Waals surface area contributed by atoms with Crippen molar-refractivity contribution in [2.75, 3.05) is 13.2 Å². The summed E-state index contributed by atoms with van der Waals surface area (Å²) in [5.74, 6) is -0.227. The van der Waals surface area contributed by atoms with E-state index in [-0.39, 0.29) is 6.42 Å². The number of hydrogen-bond acceptors (Lipinski definition) is 3. The molecule has 0 amide bonds. The van der Waals surface area contributed by atoms with Gasteiger partial charge >= 0.3 is 5.97 Å². The van der Waals surface area contributed by atoms with Crippen molar-refractivity contribution in [2.45, 2.75) is 32.2 Å². The molecule has 0 bridgehead atoms. The highest BCUT2D eigenvalue weighted by Crippen LogP contribution is 2.15. The minimum Gasteiger partial charge on any atom is -0.481 e. The van der Waals surface area contributed by atoms with Crippen molar-refractivity contribution >= 4 is 5.97 Å². The Morgan fingerprint density at radius 1 is 1.65 bits per heavy atom. The number of aromatic nitrogens is 2. The molecule has 5 heteroatoms. The second kappa shape index (κ2) is 5.82. The van der Waals surface area contributed by atoms with E-state index < -0.39 is 5.97 Å². The number of ether oxygens (including phenoxy) is 1. The maximum absolute atomic E-state index is 10.5. The lowest BCUT2D eigenvalue weighted by Gasteiger charge is -2.21. The van der Waals surface area contributed by atoms with Crippen molar-refractivity contribution in [1.29, 1.82) is 0 Å². The zero-order chi connectivity index (χ0) is 12.1. The molecule has 1 fully saturated rings. The number of carboxylic acids is 1. The molecule has 0 saturated carbocycles. The van der Waals surface area contributed by atoms with Gasteiger partial charge in [-0.15, -0.1) is 0 Å². The van der Waals surface area contributed by atoms with Crippen molar-refractivity contribution in [3.63, 3.8) is 0 Å². The third kappa shape index (κ3) is 3.85. The Bertz CT molecular complexity index is 370. The van der Waals surface area contributed by atoms with Gasteiger partial charge < -0.3 is 9.84 Å². The Labute approximate surface area is 100 Å². The Balaban J connectivity index is 1.82. The summed E-state index contributed by atoms with van der Waals surface area (Å²) in [5, 5.41) is 12.9. The number of aryl methyl sites for hydroxylation is 1. The predicted molar refractivity (Wildman–Crippen MR) is 61.7 cm³/mol. The van der Waals surface area contributed by atoms with Gasteiger partial charge in [0.1, 0.15) is 0 Å². The number of carboxylic acid groups (broad SMARTS) is 1. The molecule has 94 valence electrons. The van der Waals surface area contributed by atoms with E-state index in [0.29, 0.717) is 12.3 Å². The minimum absolute atomic E-state index is 0.165. The molecule has 2 rings (SSSR count). The summed E-state index contributed by atoms with van der Waals surface area (Å²) in [7, 11) is 0. The van der Waals surface area contributed by atoms with E-state index in [0.717, 1.165) is 31.7 Å². The van der Waals surface area contributed by atoms with Crippen LogP contribution in [-0.2, 0) is 22.5 Å². The Morgan fingerprint density at radius 3 is 3.24 bits per heavy atom. The van der Waals surface area contributed by atoms with Crippen LogP contribution >= 0.6 is 0 Å². The third-order valence-corrected chi connectivity index (χ3v) is 3.01. The molecule has 0 aromatic carbocycles. The van der Waals surface area contributed by atoms with E-state index in [9.17, 15) is 4.79 Å². The summed E-state index contributed by atoms with van der Waals surface area (Å²) >= 11 is 0. The van der Waals surface area contributed by atoms with E-state index in [1.165, 1.54) is 6.42 Å². The molecular formula is C12H18N2O3. The Kier molecular flexibility index (Phi) is 4.14. The van der Waals surface area contributed by atoms with Gasteiger partial charge in [-0.05, 0) is 24.8 Å². The van der Waals surface area contributed by atoms with Crippen LogP contribution < -0.4 is 0 Å². The van der Waals surface area contributed by atoms with Crippen molar-refractivity contribution in [3.8, 4) is 0 Å². The lowest BCUT2D eigenvalue weighted by molar-refractivity contribution is -0.136. The highest BCUT2D eigenvalue weighted by atomic mass is 16.5. The quantitative estimate of drug-likeness (QED) is 0.840. The van der Waals surface area contributed by atoms with Gasteiger partial charge in [0.25, 0.3) is 0 Å². The van der Waals surface area contributed by atoms with Crippen LogP contribution in [-0.4, -0.2) is 34.1 Å². The van der Waals surface area contributed by atoms with Crippen LogP contribution in [0.1, 0.15) is 24.8 Å². The van der Waals surface area contributed by atoms with Gasteiger partial charge in [0.15, 0.2) is 0 Å². The van der Waals surface area contributed by atoms with Crippen molar-refractivity contribution < 1.29 is 14.6 Å². The van der Waals surface area contributed by atoms with Crippen LogP contribution in [0.2, 0.25) is 0 Å². The van der Waals surface area contributed by atoms with Crippen LogP contribution in [0, 0.1) is 5.92 Å². The highest BCUT2D eigenvalue weighted by Gasteiger charge is 2.14. The average Bonchev–Trinajstić information content (AvgIpc) is 2.75. The lowest BCUT2D eigenvalue weighted by Crippen LogP contribution is -2.22. The number of nitrogens with zero attached hydrogens (tertiary/aromatic N) is 2. The summed E-state index contributed by atoms with van der Waals surface area (Å²) in [6.45, 7) is 2.55. The molecule has 0 radical (unpaired) electrons. The second-order valence-corrected chi connectivity index (χ2v) is 4.55. The summed E-state index contributed by atoms with van der Waals surface area (Å²) in [6, 6.07) is 0. The van der Waals surface area contributed by atoms with Gasteiger partial charge in [-0.3, -0.25) is 9.48 Å². The van der Waals surface area contributed by atoms with E-state index in [2.05, 4.69) is 5.10 Å². The number of aliphatic carboxylic acids is 1. The van der Waals surface area contributed by atoms with Crippen molar-refractivity contribution in [1.82, 2.24) is 9.78 Å². The van der Waals surface area contributed by atoms with Gasteiger partial charge in [-0.1, -0.05) is 0 Å². The molecule has 0 aliphatic carbocycles. The SMILES string of the molecule is O=C(O)CCc1cnn(C[C@H]2CCCOC2)c1. The maximum atomic E-state index is 10.5. The van der Waals surface area contributed by atoms with Crippen LogP contribution in [0.4, 0.5) is 0 Å². The smallest absolute Gasteiger partial charge is 0.303 e. The first kappa shape index (κ1) is 12.1. The van der Waals surface area contributed by atoms with Gasteiger partial charge in [-0.25, -0.2) is 0 Å². The van der Waals surface area contributed by atoms with Crippen LogP contribution in [0.15, 0.2) is 12.4 Å². The van der Waals surface area contributed by atoms with Crippen molar-refractivity contribution in [3.05, 3.63) is 18.0 Å². The molecule has 1 N–H and O–H groups in total. The van der Waals surface area contributed by atoms with Gasteiger partial charge in [0.05, 0.1) is 12.8 Å². The van der Waals surface area contributed by atoms with E-state index in [1.807, 2.05) is 10.9 Å². The molecular weight excluding hydrogens is 220 g/mol. The molecule has 0 unspecified atom stereocenters. The first-order valence-corrected chi connectivity index (χ1v) is 6.05. The molecule has 1 aromatic rings. The van der Waals surface area contributed by atoms with Crippen LogP contribution in [0.25, 0.3) is 0 Å². The van der Waals surface area contributed by atoms with Crippen molar-refractivity contribution in [2.24, 2.45) is 5.92 Å². The van der Waals surface area contributed by atoms with Gasteiger partial charge in [0, 0.05) is 31.7 Å². The summed E-state index contributed by atoms with van der Waals surface area (Å²) in [5.41, 5.74) is 0.990. The first-order valence-electron chi connectivity index (χ1n) is 6.05. The molecule has 2 heterocycles. The van der Waals surface area contributed by atoms with E-state index >= 15 is 0 Å². The zero-order valence-corrected chi connectivity index (χ0v) is 9.84. The molecule has 0 spiro atoms. The number of hydrogen-bond donors (Lipinski definition) is 1. The maximum Gasteiger partial charge on any atom is 0.303 e. The summed E-state index contributed by atoms with van der Waals surface area (Å²) < 4.78 is 7.32. The topological polar surface area (TPSA) is 64.3 Å². The third-order valence-electron chi connectivity index (χ3n) is 3.01. The highest BCUT2D eigenvalue weighted by molar-refractivity contribution is 5.67. The normalized spacial score (nSPS) is 20.4. The standard InChI is InChI=1S/C12H18N2O3/c15-12(16)4-3-10-6-13-14(7-10)8-11-2-1-5-17-9-11/h6-7,11H,1-5,8-9H2,(H,15,16)/t11-/m1/s1. The monoisotopic (exact) mass is 238 g/mol. The first-order chi connectivity index (χ1) is 8.24. The molecule has 1 atom stereocenters. The summed E-state index contributed by atoms with van der Waals surface area (Å²) in [6.07, 6.45) is 6.72. The fourth-order valence-electron chi connectivity index (χ4n) is 2.10. The molecule has 1 aliphatic rings. The largest absolute Gasteiger partial charge is 0.481 e. The zero-order valence-electron chi connectivity index (χ0n) is 9.84. The molecule has 1 aromatic heterocycles. The molecule has 1 saturated heterocycles. The molecule has 5 nitrogen and oxygen atoms in total. The number of rotatable bonds is 5. The Hall–Kier alpha value is -1.36. The molecule has 17 heavy (non-hydrogen) atoms. The fraction of sp³-hybridized carbons (Fsp3) is 0.667. The predicted octanol–water partition coefficient (Wildman–Crippen LogP) is 1.33. The number of carbonyl (C=O) groups is 1. The van der Waals surface area contributed by atoms with Gasteiger partial charge in [0.2, 0.25) is 0 Å². The lowest BCUT2D eigenvalue weighted by atomic mass is 10.0. The fourth-order valence-corrected chi connectivity index (χ4v) is 2.10. The minimum atomic E-state index is -0.765. The van der Waals surface area contributed by atoms with Crippen LogP contribution in [0.5, 0.6) is 0 Å². The average molecular weight is 238 g/mol. The Morgan fingerprint density at radius 2 is 2.53 bits per heavy atom.